The Morgan fingerprint density at radius 2 is 2.08 bits per heavy atom. The molecule has 26 heavy (non-hydrogen) atoms. The van der Waals surface area contributed by atoms with Crippen LogP contribution < -0.4 is 5.32 Å². The van der Waals surface area contributed by atoms with Gasteiger partial charge in [0.15, 0.2) is 5.13 Å². The number of carbonyl (C=O) groups excluding carboxylic acids is 1. The summed E-state index contributed by atoms with van der Waals surface area (Å²) >= 11 is 7.37. The van der Waals surface area contributed by atoms with Gasteiger partial charge in [0.1, 0.15) is 6.61 Å². The fourth-order valence-electron chi connectivity index (χ4n) is 2.16. The van der Waals surface area contributed by atoms with Gasteiger partial charge in [0, 0.05) is 22.2 Å². The highest BCUT2D eigenvalue weighted by Gasteiger charge is 2.05. The van der Waals surface area contributed by atoms with Crippen LogP contribution in [0.1, 0.15) is 16.8 Å². The number of anilines is 2. The molecule has 1 N–H and O–H groups in total. The molecule has 3 rings (SSSR count). The minimum Gasteiger partial charge on any atom is -0.456 e. The lowest BCUT2D eigenvalue weighted by Gasteiger charge is -2.02. The second kappa shape index (κ2) is 8.65. The number of carbonyl (C=O) groups is 1. The van der Waals surface area contributed by atoms with Gasteiger partial charge in [-0.05, 0) is 42.8 Å². The third-order valence-corrected chi connectivity index (χ3v) is 4.52. The topological polar surface area (TPSA) is 51.2 Å². The molecular weight excluding hydrogens is 368 g/mol. The number of aryl methyl sites for hydroxylation is 1. The number of thiazole rings is 1. The monoisotopic (exact) mass is 384 g/mol. The Balaban J connectivity index is 1.51. The number of rotatable bonds is 6. The van der Waals surface area contributed by atoms with E-state index in [0.29, 0.717) is 10.7 Å². The average Bonchev–Trinajstić information content (AvgIpc) is 3.08. The Hall–Kier alpha value is -2.63. The molecular formula is C20H17ClN2O2S. The molecule has 0 aliphatic rings. The summed E-state index contributed by atoms with van der Waals surface area (Å²) < 4.78 is 5.22. The van der Waals surface area contributed by atoms with Crippen LogP contribution >= 0.6 is 22.9 Å². The number of halogens is 1. The zero-order valence-electron chi connectivity index (χ0n) is 14.1. The second-order valence-corrected chi connectivity index (χ2v) is 6.93. The van der Waals surface area contributed by atoms with Crippen LogP contribution in [0.4, 0.5) is 10.8 Å². The van der Waals surface area contributed by atoms with Crippen molar-refractivity contribution in [3.05, 3.63) is 81.8 Å². The van der Waals surface area contributed by atoms with Crippen LogP contribution in [0.2, 0.25) is 5.02 Å². The van der Waals surface area contributed by atoms with Crippen LogP contribution in [-0.2, 0) is 16.1 Å². The summed E-state index contributed by atoms with van der Waals surface area (Å²) in [6.45, 7) is 2.17. The molecule has 0 aliphatic carbocycles. The third kappa shape index (κ3) is 5.44. The molecule has 0 amide bonds. The smallest absolute Gasteiger partial charge is 0.331 e. The zero-order chi connectivity index (χ0) is 18.4. The van der Waals surface area contributed by atoms with E-state index in [1.807, 2.05) is 48.7 Å². The third-order valence-electron chi connectivity index (χ3n) is 3.48. The van der Waals surface area contributed by atoms with Crippen molar-refractivity contribution in [3.8, 4) is 0 Å². The van der Waals surface area contributed by atoms with Crippen molar-refractivity contribution in [2.45, 2.75) is 13.5 Å². The Morgan fingerprint density at radius 3 is 2.85 bits per heavy atom. The fraction of sp³-hybridized carbons (Fsp3) is 0.100. The van der Waals surface area contributed by atoms with Crippen molar-refractivity contribution >= 4 is 45.8 Å². The summed E-state index contributed by atoms with van der Waals surface area (Å²) in [7, 11) is 0. The second-order valence-electron chi connectivity index (χ2n) is 5.63. The van der Waals surface area contributed by atoms with Gasteiger partial charge >= 0.3 is 5.97 Å². The Kier molecular flexibility index (Phi) is 6.04. The zero-order valence-corrected chi connectivity index (χ0v) is 15.7. The maximum absolute atomic E-state index is 11.8. The quantitative estimate of drug-likeness (QED) is 0.443. The molecule has 0 saturated carbocycles. The molecule has 6 heteroatoms. The molecule has 0 saturated heterocycles. The predicted octanol–water partition coefficient (Wildman–Crippen LogP) is 5.61. The maximum atomic E-state index is 11.8. The van der Waals surface area contributed by atoms with Crippen molar-refractivity contribution in [2.75, 3.05) is 5.32 Å². The van der Waals surface area contributed by atoms with Crippen molar-refractivity contribution in [1.29, 1.82) is 0 Å². The highest BCUT2D eigenvalue weighted by molar-refractivity contribution is 7.13. The lowest BCUT2D eigenvalue weighted by Crippen LogP contribution is -2.01. The molecule has 1 aromatic heterocycles. The van der Waals surface area contributed by atoms with Gasteiger partial charge in [0.05, 0.1) is 5.69 Å². The number of nitrogens with zero attached hydrogens (tertiary/aromatic N) is 1. The van der Waals surface area contributed by atoms with E-state index in [1.165, 1.54) is 23.0 Å². The summed E-state index contributed by atoms with van der Waals surface area (Å²) in [5.41, 5.74) is 3.72. The predicted molar refractivity (Wildman–Crippen MR) is 107 cm³/mol. The molecule has 0 radical (unpaired) electrons. The van der Waals surface area contributed by atoms with Crippen molar-refractivity contribution in [1.82, 2.24) is 4.98 Å². The van der Waals surface area contributed by atoms with E-state index in [-0.39, 0.29) is 6.61 Å². The van der Waals surface area contributed by atoms with Crippen LogP contribution in [0.3, 0.4) is 0 Å². The van der Waals surface area contributed by atoms with Crippen molar-refractivity contribution in [3.63, 3.8) is 0 Å². The molecule has 0 aliphatic heterocycles. The number of nitrogens with one attached hydrogen (secondary N) is 1. The number of ether oxygens (including phenoxy) is 1. The van der Waals surface area contributed by atoms with Gasteiger partial charge in [-0.2, -0.15) is 0 Å². The molecule has 132 valence electrons. The van der Waals surface area contributed by atoms with Crippen molar-refractivity contribution < 1.29 is 9.53 Å². The van der Waals surface area contributed by atoms with E-state index in [1.54, 1.807) is 18.2 Å². The van der Waals surface area contributed by atoms with Gasteiger partial charge in [-0.15, -0.1) is 11.3 Å². The molecule has 3 aromatic rings. The molecule has 0 unspecified atom stereocenters. The molecule has 4 nitrogen and oxygen atoms in total. The van der Waals surface area contributed by atoms with E-state index in [4.69, 9.17) is 16.3 Å². The summed E-state index contributed by atoms with van der Waals surface area (Å²) in [5, 5.41) is 6.48. The molecule has 1 heterocycles. The van der Waals surface area contributed by atoms with Gasteiger partial charge in [-0.1, -0.05) is 41.4 Å². The number of esters is 1. The van der Waals surface area contributed by atoms with E-state index < -0.39 is 5.97 Å². The first-order chi connectivity index (χ1) is 12.6. The first-order valence-corrected chi connectivity index (χ1v) is 9.23. The average molecular weight is 385 g/mol. The maximum Gasteiger partial charge on any atom is 0.331 e. The van der Waals surface area contributed by atoms with Crippen LogP contribution in [-0.4, -0.2) is 11.0 Å². The summed E-state index contributed by atoms with van der Waals surface area (Å²) in [6.07, 6.45) is 3.04. The molecule has 0 fully saturated rings. The Bertz CT molecular complexity index is 920. The van der Waals surface area contributed by atoms with Gasteiger partial charge in [0.25, 0.3) is 0 Å². The minimum absolute atomic E-state index is 0.130. The number of hydrogen-bond acceptors (Lipinski definition) is 5. The summed E-state index contributed by atoms with van der Waals surface area (Å²) in [5.74, 6) is -0.425. The van der Waals surface area contributed by atoms with Crippen LogP contribution in [0.5, 0.6) is 0 Å². The minimum atomic E-state index is -0.425. The fourth-order valence-corrected chi connectivity index (χ4v) is 3.07. The van der Waals surface area contributed by atoms with Crippen LogP contribution in [0.25, 0.3) is 6.08 Å². The van der Waals surface area contributed by atoms with E-state index in [9.17, 15) is 4.79 Å². The molecule has 0 bridgehead atoms. The first-order valence-electron chi connectivity index (χ1n) is 7.97. The lowest BCUT2D eigenvalue weighted by molar-refractivity contribution is -0.139. The van der Waals surface area contributed by atoms with Crippen LogP contribution in [0.15, 0.2) is 60.0 Å². The highest BCUT2D eigenvalue weighted by atomic mass is 35.5. The summed E-state index contributed by atoms with van der Waals surface area (Å²) in [6, 6.07) is 15.3. The normalized spacial score (nSPS) is 10.8. The van der Waals surface area contributed by atoms with Gasteiger partial charge in [0.2, 0.25) is 0 Å². The molecule has 0 atom stereocenters. The van der Waals surface area contributed by atoms with E-state index >= 15 is 0 Å². The number of benzene rings is 2. The van der Waals surface area contributed by atoms with E-state index in [2.05, 4.69) is 10.3 Å². The van der Waals surface area contributed by atoms with Gasteiger partial charge < -0.3 is 10.1 Å². The van der Waals surface area contributed by atoms with Gasteiger partial charge in [-0.25, -0.2) is 9.78 Å². The SMILES string of the molecule is Cc1ccc(Nc2nc(COC(=O)/C=C/c3cccc(Cl)c3)cs2)cc1. The van der Waals surface area contributed by atoms with Crippen LogP contribution in [0, 0.1) is 6.92 Å². The molecule has 2 aromatic carbocycles. The first kappa shape index (κ1) is 18.2. The Labute approximate surface area is 161 Å². The highest BCUT2D eigenvalue weighted by Crippen LogP contribution is 2.21. The van der Waals surface area contributed by atoms with E-state index in [0.717, 1.165) is 16.4 Å². The van der Waals surface area contributed by atoms with Crippen molar-refractivity contribution in [2.24, 2.45) is 0 Å². The standard InChI is InChI=1S/C20H17ClN2O2S/c1-14-5-8-17(9-6-14)22-20-23-18(13-26-20)12-25-19(24)10-7-15-3-2-4-16(21)11-15/h2-11,13H,12H2,1H3,(H,22,23)/b10-7+. The van der Waals surface area contributed by atoms with Gasteiger partial charge in [-0.3, -0.25) is 0 Å². The largest absolute Gasteiger partial charge is 0.456 e. The Morgan fingerprint density at radius 1 is 1.27 bits per heavy atom. The number of aromatic nitrogens is 1. The molecule has 0 spiro atoms. The lowest BCUT2D eigenvalue weighted by atomic mass is 10.2. The summed E-state index contributed by atoms with van der Waals surface area (Å²) in [4.78, 5) is 16.2. The number of hydrogen-bond donors (Lipinski definition) is 1.